The third-order valence-electron chi connectivity index (χ3n) is 6.55. The quantitative estimate of drug-likeness (QED) is 0.0670. The summed E-state index contributed by atoms with van der Waals surface area (Å²) in [6.45, 7) is 36.8. The normalized spacial score (nSPS) is 13.6. The second-order valence-corrected chi connectivity index (χ2v) is 16.6. The lowest BCUT2D eigenvalue weighted by Gasteiger charge is -2.34. The molecule has 0 spiro atoms. The van der Waals surface area contributed by atoms with Crippen molar-refractivity contribution < 1.29 is 13.3 Å². The van der Waals surface area contributed by atoms with E-state index in [0.717, 1.165) is 69.2 Å². The third kappa shape index (κ3) is 21.6. The summed E-state index contributed by atoms with van der Waals surface area (Å²) in [6, 6.07) is 2.21. The molecule has 278 valence electrons. The lowest BCUT2D eigenvalue weighted by Crippen LogP contribution is -2.52. The Kier molecular flexibility index (Phi) is 24.1. The minimum Gasteiger partial charge on any atom is -0.374 e. The summed E-state index contributed by atoms with van der Waals surface area (Å²) in [4.78, 5) is 19.8. The van der Waals surface area contributed by atoms with E-state index >= 15 is 0 Å². The molecule has 0 aromatic heterocycles. The van der Waals surface area contributed by atoms with Crippen molar-refractivity contribution in [1.29, 1.82) is 0 Å². The standard InChI is InChI=1S/C35H76N8O3Si/c1-16-44-47(45-17-2,46-18-3)26-20-23-43(35(40-31(12)13)41-32(14)15)25-24-42(34(38-29(8)9)39-30(10)11)22-19-21-33(36-27(4)5)37-28(6)7/h27-32H,16-26H2,1-15H3,(H,36,37)(H,38,39)(H,40,41). The number of hydrogen-bond acceptors (Lipinski definition) is 6. The monoisotopic (exact) mass is 685 g/mol. The highest BCUT2D eigenvalue weighted by Crippen LogP contribution is 2.19. The predicted molar refractivity (Wildman–Crippen MR) is 205 cm³/mol. The van der Waals surface area contributed by atoms with E-state index in [1.165, 1.54) is 0 Å². The van der Waals surface area contributed by atoms with Crippen LogP contribution in [-0.4, -0.2) is 119 Å². The number of nitrogens with one attached hydrogen (secondary N) is 3. The van der Waals surface area contributed by atoms with Crippen LogP contribution in [0.1, 0.15) is 123 Å². The maximum atomic E-state index is 6.18. The fourth-order valence-electron chi connectivity index (χ4n) is 5.06. The van der Waals surface area contributed by atoms with E-state index in [2.05, 4.69) is 109 Å². The zero-order valence-corrected chi connectivity index (χ0v) is 34.2. The molecule has 3 N–H and O–H groups in total. The van der Waals surface area contributed by atoms with Gasteiger partial charge in [-0.3, -0.25) is 15.0 Å². The first kappa shape index (κ1) is 45.1. The van der Waals surface area contributed by atoms with Crippen LogP contribution in [0.2, 0.25) is 6.04 Å². The summed E-state index contributed by atoms with van der Waals surface area (Å²) >= 11 is 0. The highest BCUT2D eigenvalue weighted by molar-refractivity contribution is 6.60. The van der Waals surface area contributed by atoms with Crippen molar-refractivity contribution in [2.45, 2.75) is 165 Å². The molecule has 0 unspecified atom stereocenters. The van der Waals surface area contributed by atoms with E-state index in [0.29, 0.717) is 25.9 Å². The number of nitrogens with zero attached hydrogens (tertiary/aromatic N) is 5. The van der Waals surface area contributed by atoms with E-state index in [1.807, 2.05) is 20.8 Å². The van der Waals surface area contributed by atoms with Gasteiger partial charge in [-0.05, 0) is 117 Å². The molecule has 0 saturated heterocycles. The molecule has 0 aromatic carbocycles. The molecule has 47 heavy (non-hydrogen) atoms. The summed E-state index contributed by atoms with van der Waals surface area (Å²) in [5.41, 5.74) is 0. The van der Waals surface area contributed by atoms with Crippen LogP contribution in [0.4, 0.5) is 0 Å². The molecule has 11 nitrogen and oxygen atoms in total. The topological polar surface area (TPSA) is 107 Å². The first-order valence-electron chi connectivity index (χ1n) is 18.5. The smallest absolute Gasteiger partial charge is 0.374 e. The fourth-order valence-corrected chi connectivity index (χ4v) is 7.65. The van der Waals surface area contributed by atoms with Crippen molar-refractivity contribution in [1.82, 2.24) is 25.8 Å². The van der Waals surface area contributed by atoms with Crippen molar-refractivity contribution in [2.75, 3.05) is 46.0 Å². The SMILES string of the molecule is CCO[Si](CCCN(CCN(CCCC(=NC(C)C)NC(C)C)C(=NC(C)C)NC(C)C)C(=NC(C)C)NC(C)C)(OCC)OCC. The Morgan fingerprint density at radius 1 is 0.532 bits per heavy atom. The molecule has 0 amide bonds. The van der Waals surface area contributed by atoms with E-state index in [9.17, 15) is 0 Å². The lowest BCUT2D eigenvalue weighted by atomic mass is 10.2. The van der Waals surface area contributed by atoms with Gasteiger partial charge in [0.25, 0.3) is 0 Å². The van der Waals surface area contributed by atoms with Crippen molar-refractivity contribution in [3.63, 3.8) is 0 Å². The molecule has 0 saturated carbocycles. The van der Waals surface area contributed by atoms with Crippen LogP contribution in [0.5, 0.6) is 0 Å². The predicted octanol–water partition coefficient (Wildman–Crippen LogP) is 6.14. The average Bonchev–Trinajstić information content (AvgIpc) is 2.91. The van der Waals surface area contributed by atoms with E-state index in [4.69, 9.17) is 28.3 Å². The van der Waals surface area contributed by atoms with Gasteiger partial charge in [0.15, 0.2) is 11.9 Å². The van der Waals surface area contributed by atoms with Gasteiger partial charge < -0.3 is 39.0 Å². The molecule has 0 heterocycles. The van der Waals surface area contributed by atoms with E-state index < -0.39 is 8.80 Å². The van der Waals surface area contributed by atoms with Gasteiger partial charge >= 0.3 is 8.80 Å². The van der Waals surface area contributed by atoms with Gasteiger partial charge in [0.2, 0.25) is 0 Å². The van der Waals surface area contributed by atoms with Crippen molar-refractivity contribution in [3.05, 3.63) is 0 Å². The van der Waals surface area contributed by atoms with Crippen molar-refractivity contribution >= 4 is 26.6 Å². The molecule has 0 aliphatic carbocycles. The van der Waals surface area contributed by atoms with Gasteiger partial charge in [-0.1, -0.05) is 0 Å². The fraction of sp³-hybridized carbons (Fsp3) is 0.914. The van der Waals surface area contributed by atoms with Gasteiger partial charge in [0, 0.05) is 94.7 Å². The molecule has 0 bridgehead atoms. The average molecular weight is 685 g/mol. The highest BCUT2D eigenvalue weighted by Gasteiger charge is 2.40. The maximum Gasteiger partial charge on any atom is 0.500 e. The molecule has 0 rings (SSSR count). The second kappa shape index (κ2) is 25.1. The molecule has 0 aliphatic heterocycles. The van der Waals surface area contributed by atoms with Crippen LogP contribution in [0.15, 0.2) is 15.0 Å². The van der Waals surface area contributed by atoms with Gasteiger partial charge in [-0.2, -0.15) is 0 Å². The van der Waals surface area contributed by atoms with E-state index in [1.54, 1.807) is 0 Å². The summed E-state index contributed by atoms with van der Waals surface area (Å²) < 4.78 is 18.5. The van der Waals surface area contributed by atoms with Crippen LogP contribution >= 0.6 is 0 Å². The van der Waals surface area contributed by atoms with Crippen LogP contribution in [0.3, 0.4) is 0 Å². The number of aliphatic imine (C=N–C) groups is 3. The first-order valence-corrected chi connectivity index (χ1v) is 20.4. The molecule has 0 atom stereocenters. The molecule has 12 heteroatoms. The van der Waals surface area contributed by atoms with Crippen molar-refractivity contribution in [2.24, 2.45) is 15.0 Å². The number of guanidine groups is 2. The van der Waals surface area contributed by atoms with Crippen LogP contribution in [0.25, 0.3) is 0 Å². The minimum atomic E-state index is -2.76. The first-order chi connectivity index (χ1) is 22.1. The van der Waals surface area contributed by atoms with E-state index in [-0.39, 0.29) is 30.2 Å². The summed E-state index contributed by atoms with van der Waals surface area (Å²) in [7, 11) is -2.76. The minimum absolute atomic E-state index is 0.159. The Hall–Kier alpha value is -1.89. The maximum absolute atomic E-state index is 6.18. The Labute approximate surface area is 291 Å². The van der Waals surface area contributed by atoms with Crippen LogP contribution in [-0.2, 0) is 13.3 Å². The van der Waals surface area contributed by atoms with Crippen molar-refractivity contribution in [3.8, 4) is 0 Å². The Morgan fingerprint density at radius 2 is 0.915 bits per heavy atom. The Balaban J connectivity index is 6.39. The number of amidine groups is 1. The molecular weight excluding hydrogens is 609 g/mol. The highest BCUT2D eigenvalue weighted by atomic mass is 28.4. The Morgan fingerprint density at radius 3 is 1.26 bits per heavy atom. The number of hydrogen-bond donors (Lipinski definition) is 3. The molecule has 0 aromatic rings. The largest absolute Gasteiger partial charge is 0.500 e. The summed E-state index contributed by atoms with van der Waals surface area (Å²) in [5.74, 6) is 2.95. The zero-order valence-electron chi connectivity index (χ0n) is 33.2. The molecule has 0 radical (unpaired) electrons. The van der Waals surface area contributed by atoms with Gasteiger partial charge in [0.1, 0.15) is 0 Å². The third-order valence-corrected chi connectivity index (χ3v) is 9.70. The van der Waals surface area contributed by atoms with Crippen LogP contribution < -0.4 is 16.0 Å². The van der Waals surface area contributed by atoms with Gasteiger partial charge in [-0.15, -0.1) is 0 Å². The van der Waals surface area contributed by atoms with Crippen LogP contribution in [0, 0.1) is 0 Å². The number of rotatable bonds is 23. The summed E-state index contributed by atoms with van der Waals surface area (Å²) in [6.07, 6.45) is 2.72. The molecule has 0 fully saturated rings. The lowest BCUT2D eigenvalue weighted by molar-refractivity contribution is 0.0703. The molecule has 0 aliphatic rings. The van der Waals surface area contributed by atoms with Gasteiger partial charge in [0.05, 0.1) is 5.84 Å². The second-order valence-electron chi connectivity index (χ2n) is 13.8. The molecular formula is C35H76N8O3Si. The zero-order chi connectivity index (χ0) is 36.0. The van der Waals surface area contributed by atoms with Gasteiger partial charge in [-0.25, -0.2) is 0 Å². The summed E-state index contributed by atoms with van der Waals surface area (Å²) in [5, 5.41) is 10.9. The Bertz CT molecular complexity index is 877.